The van der Waals surface area contributed by atoms with Crippen LogP contribution >= 0.6 is 0 Å². The van der Waals surface area contributed by atoms with Crippen LogP contribution in [0.3, 0.4) is 0 Å². The Kier molecular flexibility index (Phi) is 11.3. The van der Waals surface area contributed by atoms with Crippen molar-refractivity contribution in [1.82, 2.24) is 5.01 Å². The number of ether oxygens (including phenoxy) is 1. The molecule has 0 unspecified atom stereocenters. The van der Waals surface area contributed by atoms with Crippen LogP contribution in [-0.2, 0) is 21.8 Å². The van der Waals surface area contributed by atoms with Crippen molar-refractivity contribution in [2.45, 2.75) is 32.7 Å². The van der Waals surface area contributed by atoms with E-state index in [2.05, 4.69) is 44.5 Å². The Morgan fingerprint density at radius 2 is 1.71 bits per heavy atom. The predicted octanol–water partition coefficient (Wildman–Crippen LogP) is 3.53. The van der Waals surface area contributed by atoms with Gasteiger partial charge in [0.25, 0.3) is 0 Å². The standard InChI is InChI=1S/C15H23N2O.C5H5.Fe/c1-12(2)15(13-7-4-5-8-13)16-17-10-6-9-14(17)11-18-3;1-2-4-5-3-1;/h4-5,7-8,12,14H,6,9-11H2,1-3H3;1-5H;/q;;+2/b16-15+;;/t14-;;/m0../s1. The van der Waals surface area contributed by atoms with Crippen molar-refractivity contribution in [2.24, 2.45) is 11.0 Å². The van der Waals surface area contributed by atoms with Crippen LogP contribution in [0.2, 0.25) is 0 Å². The molecular formula is C20H28FeN2O+2. The third-order valence-corrected chi connectivity index (χ3v) is 4.00. The maximum Gasteiger partial charge on any atom is 2.00 e. The molecule has 1 heterocycles. The Morgan fingerprint density at radius 1 is 1.12 bits per heavy atom. The number of hydrazone groups is 1. The molecule has 1 saturated heterocycles. The van der Waals surface area contributed by atoms with Gasteiger partial charge < -0.3 is 4.74 Å². The zero-order valence-electron chi connectivity index (χ0n) is 14.8. The van der Waals surface area contributed by atoms with Gasteiger partial charge in [-0.25, -0.2) is 0 Å². The number of hydrogen-bond acceptors (Lipinski definition) is 3. The first-order chi connectivity index (χ1) is 11.2. The van der Waals surface area contributed by atoms with Gasteiger partial charge in [-0.05, 0) is 76.5 Å². The molecule has 3 fully saturated rings. The Labute approximate surface area is 160 Å². The quantitative estimate of drug-likeness (QED) is 0.548. The van der Waals surface area contributed by atoms with E-state index in [0.717, 1.165) is 13.2 Å². The summed E-state index contributed by atoms with van der Waals surface area (Å²) in [5, 5.41) is 7.10. The van der Waals surface area contributed by atoms with E-state index in [-0.39, 0.29) is 17.1 Å². The zero-order valence-corrected chi connectivity index (χ0v) is 15.9. The average molecular weight is 368 g/mol. The largest absolute Gasteiger partial charge is 2.00 e. The van der Waals surface area contributed by atoms with E-state index in [4.69, 9.17) is 9.84 Å². The fourth-order valence-corrected chi connectivity index (χ4v) is 2.82. The van der Waals surface area contributed by atoms with Crippen LogP contribution in [0.25, 0.3) is 0 Å². The average Bonchev–Trinajstić information content (AvgIpc) is 3.29. The molecule has 0 aromatic rings. The maximum absolute atomic E-state index is 5.28. The van der Waals surface area contributed by atoms with Crippen molar-refractivity contribution in [3.8, 4) is 0 Å². The summed E-state index contributed by atoms with van der Waals surface area (Å²) in [6, 6.07) is 0.443. The minimum Gasteiger partial charge on any atom is -0.382 e. The molecule has 1 atom stereocenters. The van der Waals surface area contributed by atoms with Gasteiger partial charge in [0.05, 0.1) is 12.6 Å². The van der Waals surface area contributed by atoms with Crippen LogP contribution in [-0.4, -0.2) is 37.0 Å². The first-order valence-electron chi connectivity index (χ1n) is 8.45. The van der Waals surface area contributed by atoms with Crippen molar-refractivity contribution >= 4 is 5.71 Å². The van der Waals surface area contributed by atoms with E-state index in [9.17, 15) is 0 Å². The van der Waals surface area contributed by atoms with E-state index >= 15 is 0 Å². The molecule has 1 aliphatic heterocycles. The smallest absolute Gasteiger partial charge is 0.382 e. The molecular weight excluding hydrogens is 340 g/mol. The zero-order chi connectivity index (χ0) is 16.5. The second kappa shape index (κ2) is 12.3. The van der Waals surface area contributed by atoms with E-state index in [1.165, 1.54) is 24.5 Å². The van der Waals surface area contributed by atoms with Crippen molar-refractivity contribution in [1.29, 1.82) is 0 Å². The van der Waals surface area contributed by atoms with Gasteiger partial charge in [0.2, 0.25) is 0 Å². The maximum atomic E-state index is 5.28. The van der Waals surface area contributed by atoms with E-state index in [1.54, 1.807) is 7.11 Å². The van der Waals surface area contributed by atoms with Crippen molar-refractivity contribution in [3.05, 3.63) is 63.7 Å². The van der Waals surface area contributed by atoms with Gasteiger partial charge in [0.1, 0.15) is 0 Å². The summed E-state index contributed by atoms with van der Waals surface area (Å²) < 4.78 is 5.28. The molecule has 10 radical (unpaired) electrons. The first kappa shape index (κ1) is 22.0. The van der Waals surface area contributed by atoms with Crippen molar-refractivity contribution in [2.75, 3.05) is 20.3 Å². The molecule has 3 nitrogen and oxygen atoms in total. The fourth-order valence-electron chi connectivity index (χ4n) is 2.82. The van der Waals surface area contributed by atoms with Gasteiger partial charge >= 0.3 is 17.1 Å². The molecule has 0 N–H and O–H groups in total. The van der Waals surface area contributed by atoms with Gasteiger partial charge in [0, 0.05) is 25.3 Å². The van der Waals surface area contributed by atoms with E-state index in [1.807, 2.05) is 32.1 Å². The SMILES string of the molecule is COC[C@@H]1CCCN1/N=C(/[C]1[CH][CH][CH][CH]1)C(C)C.[CH]1[CH][CH][CH][CH]1.[Fe+2]. The third kappa shape index (κ3) is 7.06. The molecule has 0 amide bonds. The van der Waals surface area contributed by atoms with Crippen LogP contribution in [0.5, 0.6) is 0 Å². The second-order valence-electron chi connectivity index (χ2n) is 6.19. The Morgan fingerprint density at radius 3 is 2.21 bits per heavy atom. The van der Waals surface area contributed by atoms with E-state index in [0.29, 0.717) is 12.0 Å². The summed E-state index contributed by atoms with van der Waals surface area (Å²) >= 11 is 0. The molecule has 3 aliphatic rings. The second-order valence-corrected chi connectivity index (χ2v) is 6.19. The van der Waals surface area contributed by atoms with E-state index < -0.39 is 0 Å². The van der Waals surface area contributed by atoms with Crippen LogP contribution in [0.15, 0.2) is 5.10 Å². The Hall–Kier alpha value is -0.0505. The third-order valence-electron chi connectivity index (χ3n) is 4.00. The number of rotatable bonds is 5. The Bertz CT molecular complexity index is 342. The normalized spacial score (nSPS) is 24.9. The first-order valence-corrected chi connectivity index (χ1v) is 8.45. The molecule has 24 heavy (non-hydrogen) atoms. The minimum atomic E-state index is 0. The molecule has 2 saturated carbocycles. The molecule has 0 aromatic heterocycles. The summed E-state index contributed by atoms with van der Waals surface area (Å²) in [6.07, 6.45) is 20.8. The minimum absolute atomic E-state index is 0. The summed E-state index contributed by atoms with van der Waals surface area (Å²) in [7, 11) is 1.76. The molecule has 0 aromatic carbocycles. The number of methoxy groups -OCH3 is 1. The van der Waals surface area contributed by atoms with Gasteiger partial charge in [-0.2, -0.15) is 5.10 Å². The number of nitrogens with zero attached hydrogens (tertiary/aromatic N) is 2. The van der Waals surface area contributed by atoms with Gasteiger partial charge in [-0.15, -0.1) is 0 Å². The van der Waals surface area contributed by atoms with Crippen molar-refractivity contribution in [3.63, 3.8) is 0 Å². The molecule has 130 valence electrons. The fraction of sp³-hybridized carbons (Fsp3) is 0.450. The van der Waals surface area contributed by atoms with Crippen molar-refractivity contribution < 1.29 is 21.8 Å². The topological polar surface area (TPSA) is 24.8 Å². The van der Waals surface area contributed by atoms with Gasteiger partial charge in [-0.1, -0.05) is 13.8 Å². The molecule has 2 aliphatic carbocycles. The van der Waals surface area contributed by atoms with Crippen LogP contribution < -0.4 is 0 Å². The van der Waals surface area contributed by atoms with Gasteiger partial charge in [0.15, 0.2) is 0 Å². The summed E-state index contributed by atoms with van der Waals surface area (Å²) in [5.41, 5.74) is 1.18. The van der Waals surface area contributed by atoms with Crippen LogP contribution in [0.4, 0.5) is 0 Å². The molecule has 0 bridgehead atoms. The molecule has 0 spiro atoms. The van der Waals surface area contributed by atoms with Crippen LogP contribution in [0.1, 0.15) is 26.7 Å². The predicted molar refractivity (Wildman–Crippen MR) is 95.8 cm³/mol. The summed E-state index contributed by atoms with van der Waals surface area (Å²) in [5.74, 6) is 1.68. The monoisotopic (exact) mass is 368 g/mol. The van der Waals surface area contributed by atoms with Crippen LogP contribution in [0, 0.1) is 69.6 Å². The molecule has 3 rings (SSSR count). The summed E-state index contributed by atoms with van der Waals surface area (Å²) in [4.78, 5) is 0. The number of hydrogen-bond donors (Lipinski definition) is 0. The molecule has 4 heteroatoms. The van der Waals surface area contributed by atoms with Gasteiger partial charge in [-0.3, -0.25) is 5.01 Å². The Balaban J connectivity index is 0.000000412. The summed E-state index contributed by atoms with van der Waals surface area (Å²) in [6.45, 7) is 6.22.